The van der Waals surface area contributed by atoms with Crippen molar-refractivity contribution < 1.29 is 23.2 Å². The van der Waals surface area contributed by atoms with Gasteiger partial charge in [-0.15, -0.1) is 0 Å². The van der Waals surface area contributed by atoms with Crippen molar-refractivity contribution in [3.8, 4) is 0 Å². The first kappa shape index (κ1) is 26.1. The Morgan fingerprint density at radius 1 is 0.868 bits per heavy atom. The SMILES string of the molecule is O=C1CC(c2ccc(Cl)cc2Cl)N(C(=O)c2cc(F)cc(F)c2)c2ccc(C(=O)N3CCNCC3)cc2N1. The van der Waals surface area contributed by atoms with Crippen molar-refractivity contribution in [1.82, 2.24) is 10.2 Å². The molecule has 0 aromatic heterocycles. The van der Waals surface area contributed by atoms with Crippen LogP contribution in [0.5, 0.6) is 0 Å². The van der Waals surface area contributed by atoms with Gasteiger partial charge in [0.2, 0.25) is 5.91 Å². The standard InChI is InChI=1S/C27H22Cl2F2N4O3/c28-17-2-3-20(21(29)12-17)24-14-25(36)33-22-11-15(26(37)34-7-5-32-6-8-34)1-4-23(22)35(24)27(38)16-9-18(30)13-19(31)10-16/h1-4,9-13,24,32H,5-8,14H2,(H,33,36). The Bertz CT molecular complexity index is 1430. The summed E-state index contributed by atoms with van der Waals surface area (Å²) in [6.07, 6.45) is -0.208. The van der Waals surface area contributed by atoms with Crippen molar-refractivity contribution in [2.24, 2.45) is 0 Å². The number of piperazine rings is 1. The summed E-state index contributed by atoms with van der Waals surface area (Å²) in [6, 6.07) is 10.9. The van der Waals surface area contributed by atoms with Crippen LogP contribution < -0.4 is 15.5 Å². The number of nitrogens with zero attached hydrogens (tertiary/aromatic N) is 2. The van der Waals surface area contributed by atoms with E-state index in [1.165, 1.54) is 17.0 Å². The number of anilines is 2. The summed E-state index contributed by atoms with van der Waals surface area (Å²) < 4.78 is 28.2. The topological polar surface area (TPSA) is 81.8 Å². The molecule has 196 valence electrons. The lowest BCUT2D eigenvalue weighted by atomic mass is 9.99. The zero-order valence-corrected chi connectivity index (χ0v) is 21.5. The van der Waals surface area contributed by atoms with Gasteiger partial charge in [-0.1, -0.05) is 29.3 Å². The van der Waals surface area contributed by atoms with Crippen molar-refractivity contribution in [2.75, 3.05) is 36.4 Å². The van der Waals surface area contributed by atoms with E-state index >= 15 is 0 Å². The lowest BCUT2D eigenvalue weighted by Gasteiger charge is -2.32. The molecule has 0 aliphatic carbocycles. The van der Waals surface area contributed by atoms with Crippen LogP contribution in [0.25, 0.3) is 0 Å². The maximum absolute atomic E-state index is 14.1. The van der Waals surface area contributed by atoms with E-state index in [0.29, 0.717) is 48.4 Å². The molecule has 1 unspecified atom stereocenters. The lowest BCUT2D eigenvalue weighted by molar-refractivity contribution is -0.116. The van der Waals surface area contributed by atoms with Crippen LogP contribution in [-0.4, -0.2) is 48.8 Å². The Morgan fingerprint density at radius 3 is 2.26 bits per heavy atom. The highest BCUT2D eigenvalue weighted by molar-refractivity contribution is 6.35. The Balaban J connectivity index is 1.64. The molecule has 2 N–H and O–H groups in total. The van der Waals surface area contributed by atoms with Crippen molar-refractivity contribution >= 4 is 52.3 Å². The van der Waals surface area contributed by atoms with Gasteiger partial charge < -0.3 is 15.5 Å². The van der Waals surface area contributed by atoms with E-state index in [0.717, 1.165) is 12.1 Å². The molecule has 3 amide bonds. The number of rotatable bonds is 3. The second kappa shape index (κ2) is 10.7. The maximum atomic E-state index is 14.1. The first-order valence-corrected chi connectivity index (χ1v) is 12.7. The number of amides is 3. The third-order valence-corrected chi connectivity index (χ3v) is 7.08. The smallest absolute Gasteiger partial charge is 0.259 e. The fourth-order valence-electron chi connectivity index (χ4n) is 4.75. The van der Waals surface area contributed by atoms with Crippen molar-refractivity contribution in [1.29, 1.82) is 0 Å². The third kappa shape index (κ3) is 5.22. The molecule has 0 saturated carbocycles. The molecule has 3 aromatic rings. The molecule has 2 aliphatic heterocycles. The Morgan fingerprint density at radius 2 is 1.58 bits per heavy atom. The van der Waals surface area contributed by atoms with E-state index in [1.807, 2.05) is 0 Å². The van der Waals surface area contributed by atoms with Gasteiger partial charge in [-0.05, 0) is 48.0 Å². The highest BCUT2D eigenvalue weighted by Crippen LogP contribution is 2.42. The van der Waals surface area contributed by atoms with Gasteiger partial charge in [0.15, 0.2) is 0 Å². The fourth-order valence-corrected chi connectivity index (χ4v) is 5.29. The number of carbonyl (C=O) groups excluding carboxylic acids is 3. The fraction of sp³-hybridized carbons (Fsp3) is 0.222. The van der Waals surface area contributed by atoms with Gasteiger partial charge in [0, 0.05) is 53.4 Å². The minimum absolute atomic E-state index is 0.208. The first-order chi connectivity index (χ1) is 18.2. The zero-order chi connectivity index (χ0) is 27.0. The second-order valence-electron chi connectivity index (χ2n) is 9.04. The number of nitrogens with one attached hydrogen (secondary N) is 2. The number of benzene rings is 3. The van der Waals surface area contributed by atoms with E-state index < -0.39 is 29.5 Å². The van der Waals surface area contributed by atoms with Crippen LogP contribution in [0.4, 0.5) is 20.2 Å². The minimum atomic E-state index is -0.936. The average Bonchev–Trinajstić information content (AvgIpc) is 3.02. The van der Waals surface area contributed by atoms with E-state index in [9.17, 15) is 23.2 Å². The van der Waals surface area contributed by atoms with Gasteiger partial charge in [-0.25, -0.2) is 8.78 Å². The third-order valence-electron chi connectivity index (χ3n) is 6.52. The average molecular weight is 559 g/mol. The molecular formula is C27H22Cl2F2N4O3. The van der Waals surface area contributed by atoms with E-state index in [4.69, 9.17) is 23.2 Å². The number of hydrogen-bond acceptors (Lipinski definition) is 4. The molecule has 38 heavy (non-hydrogen) atoms. The van der Waals surface area contributed by atoms with Crippen LogP contribution in [0.15, 0.2) is 54.6 Å². The molecule has 1 saturated heterocycles. The summed E-state index contributed by atoms with van der Waals surface area (Å²) in [5, 5.41) is 6.54. The van der Waals surface area contributed by atoms with Gasteiger partial charge >= 0.3 is 0 Å². The molecule has 7 nitrogen and oxygen atoms in total. The molecule has 0 spiro atoms. The van der Waals surface area contributed by atoms with Crippen molar-refractivity contribution in [3.05, 3.63) is 93.0 Å². The molecule has 1 atom stereocenters. The van der Waals surface area contributed by atoms with Crippen LogP contribution in [0.1, 0.15) is 38.7 Å². The monoisotopic (exact) mass is 558 g/mol. The molecular weight excluding hydrogens is 537 g/mol. The van der Waals surface area contributed by atoms with Crippen LogP contribution in [-0.2, 0) is 4.79 Å². The van der Waals surface area contributed by atoms with E-state index in [1.54, 1.807) is 29.2 Å². The van der Waals surface area contributed by atoms with Crippen LogP contribution >= 0.6 is 23.2 Å². The Hall–Kier alpha value is -3.53. The maximum Gasteiger partial charge on any atom is 0.259 e. The first-order valence-electron chi connectivity index (χ1n) is 11.9. The normalized spacial score (nSPS) is 17.5. The second-order valence-corrected chi connectivity index (χ2v) is 9.88. The molecule has 5 rings (SSSR count). The zero-order valence-electron chi connectivity index (χ0n) is 19.9. The molecule has 1 fully saturated rings. The summed E-state index contributed by atoms with van der Waals surface area (Å²) in [4.78, 5) is 43.0. The number of halogens is 4. The largest absolute Gasteiger partial charge is 0.336 e. The van der Waals surface area contributed by atoms with Crippen molar-refractivity contribution in [3.63, 3.8) is 0 Å². The number of carbonyl (C=O) groups is 3. The van der Waals surface area contributed by atoms with Gasteiger partial charge in [0.25, 0.3) is 11.8 Å². The van der Waals surface area contributed by atoms with Crippen LogP contribution in [0.2, 0.25) is 10.0 Å². The van der Waals surface area contributed by atoms with Gasteiger partial charge in [-0.3, -0.25) is 19.3 Å². The van der Waals surface area contributed by atoms with Crippen LogP contribution in [0, 0.1) is 11.6 Å². The lowest BCUT2D eigenvalue weighted by Crippen LogP contribution is -2.46. The summed E-state index contributed by atoms with van der Waals surface area (Å²) in [5.74, 6) is -3.24. The predicted octanol–water partition coefficient (Wildman–Crippen LogP) is 5.05. The molecule has 0 bridgehead atoms. The quantitative estimate of drug-likeness (QED) is 0.471. The predicted molar refractivity (Wildman–Crippen MR) is 141 cm³/mol. The van der Waals surface area contributed by atoms with Gasteiger partial charge in [-0.2, -0.15) is 0 Å². The molecule has 3 aromatic carbocycles. The summed E-state index contributed by atoms with van der Waals surface area (Å²) in [6.45, 7) is 2.41. The molecule has 2 heterocycles. The van der Waals surface area contributed by atoms with Crippen molar-refractivity contribution in [2.45, 2.75) is 12.5 Å². The number of fused-ring (bicyclic) bond motifs is 1. The van der Waals surface area contributed by atoms with Gasteiger partial charge in [0.1, 0.15) is 11.6 Å². The summed E-state index contributed by atoms with van der Waals surface area (Å²) in [7, 11) is 0. The minimum Gasteiger partial charge on any atom is -0.336 e. The van der Waals surface area contributed by atoms with E-state index in [2.05, 4.69) is 10.6 Å². The molecule has 11 heteroatoms. The summed E-state index contributed by atoms with van der Waals surface area (Å²) in [5.41, 5.74) is 0.967. The highest BCUT2D eigenvalue weighted by Gasteiger charge is 2.36. The highest BCUT2D eigenvalue weighted by atomic mass is 35.5. The molecule has 2 aliphatic rings. The summed E-state index contributed by atoms with van der Waals surface area (Å²) >= 11 is 12.6. The molecule has 0 radical (unpaired) electrons. The Labute approximate surface area is 227 Å². The van der Waals surface area contributed by atoms with Crippen LogP contribution in [0.3, 0.4) is 0 Å². The Kier molecular flexibility index (Phi) is 7.34. The van der Waals surface area contributed by atoms with Gasteiger partial charge in [0.05, 0.1) is 23.8 Å². The van der Waals surface area contributed by atoms with E-state index in [-0.39, 0.29) is 34.3 Å². The number of hydrogen-bond donors (Lipinski definition) is 2.